The lowest BCUT2D eigenvalue weighted by atomic mass is 10.0. The molecule has 0 aliphatic heterocycles. The Hall–Kier alpha value is -1.46. The molecule has 75 heavy (non-hydrogen) atoms. The number of urea groups is 2. The van der Waals surface area contributed by atoms with Crippen molar-refractivity contribution in [3.8, 4) is 0 Å². The highest BCUT2D eigenvalue weighted by molar-refractivity contribution is 5.75. The summed E-state index contributed by atoms with van der Waals surface area (Å²) in [4.78, 5) is 34.2. The smallest absolute Gasteiger partial charge is 0.320 e. The molecule has 0 saturated heterocycles. The molecule has 0 bridgehead atoms. The van der Waals surface area contributed by atoms with Crippen molar-refractivity contribution in [3.05, 3.63) is 0 Å². The summed E-state index contributed by atoms with van der Waals surface area (Å²) in [6.07, 6.45) is 74.9. The molecule has 448 valence electrons. The fourth-order valence-corrected chi connectivity index (χ4v) is 11.7. The van der Waals surface area contributed by atoms with E-state index in [4.69, 9.17) is 5.73 Å². The molecule has 0 spiro atoms. The molecule has 0 aromatic rings. The minimum Gasteiger partial charge on any atom is -0.351 e. The molecule has 0 aliphatic carbocycles. The average Bonchev–Trinajstić information content (AvgIpc) is 3.41. The fourth-order valence-electron chi connectivity index (χ4n) is 11.7. The maximum atomic E-state index is 14.9. The van der Waals surface area contributed by atoms with Crippen LogP contribution in [0, 0.1) is 0 Å². The van der Waals surface area contributed by atoms with Crippen molar-refractivity contribution in [3.63, 3.8) is 0 Å². The molecular formula is C69H140N4O2. The van der Waals surface area contributed by atoms with E-state index in [1.54, 1.807) is 0 Å². The van der Waals surface area contributed by atoms with E-state index in [9.17, 15) is 9.59 Å². The first-order valence-corrected chi connectivity index (χ1v) is 35.0. The zero-order chi connectivity index (χ0) is 54.6. The van der Waals surface area contributed by atoms with E-state index in [1.807, 2.05) is 4.90 Å². The van der Waals surface area contributed by atoms with E-state index in [0.29, 0.717) is 13.1 Å². The lowest BCUT2D eigenvalue weighted by Crippen LogP contribution is -2.53. The zero-order valence-electron chi connectivity index (χ0n) is 52.4. The second-order valence-electron chi connectivity index (χ2n) is 24.5. The van der Waals surface area contributed by atoms with Crippen LogP contribution < -0.4 is 5.73 Å². The summed E-state index contributed by atoms with van der Waals surface area (Å²) in [7, 11) is 0. The summed E-state index contributed by atoms with van der Waals surface area (Å²) in [5.74, 6) is 0. The number of nitrogens with zero attached hydrogens (tertiary/aromatic N) is 3. The molecule has 0 aliphatic rings. The van der Waals surface area contributed by atoms with Crippen molar-refractivity contribution in [1.82, 2.24) is 14.7 Å². The summed E-state index contributed by atoms with van der Waals surface area (Å²) in [5, 5.41) is 0. The number of hydrogen-bond acceptors (Lipinski definition) is 2. The molecule has 0 rings (SSSR count). The number of nitrogens with two attached hydrogens (primary N) is 1. The molecule has 0 fully saturated rings. The average molecular weight is 1060 g/mol. The van der Waals surface area contributed by atoms with Crippen LogP contribution in [0.25, 0.3) is 0 Å². The molecule has 1 unspecified atom stereocenters. The standard InChI is InChI=1S/C69H140N4O2/c1-6-10-14-18-22-26-30-34-38-42-46-50-54-58-62-71(63-59-55-51-47-43-39-35-31-27-23-19-15-11-7-2)69(75)73(65-61-57-53-49-45-41-37-33-29-25-21-17-13-9-4)67(5)66-72(68(70)74)64-60-56-52-48-44-40-36-32-28-24-20-16-12-8-3/h67H,6-66H2,1-5H3,(H2,70,74). The molecule has 0 aromatic heterocycles. The quantitative estimate of drug-likeness (QED) is 0.0617. The molecule has 0 radical (unpaired) electrons. The first kappa shape index (κ1) is 73.5. The number of amides is 4. The van der Waals surface area contributed by atoms with Gasteiger partial charge in [0.15, 0.2) is 0 Å². The second kappa shape index (κ2) is 61.7. The van der Waals surface area contributed by atoms with Crippen molar-refractivity contribution in [2.75, 3.05) is 32.7 Å². The lowest BCUT2D eigenvalue weighted by Gasteiger charge is -2.37. The Bertz CT molecular complexity index is 1090. The van der Waals surface area contributed by atoms with Gasteiger partial charge in [0.05, 0.1) is 0 Å². The Balaban J connectivity index is 5.41. The third-order valence-corrected chi connectivity index (χ3v) is 16.9. The summed E-state index contributed by atoms with van der Waals surface area (Å²) in [6, 6.07) is -0.182. The van der Waals surface area contributed by atoms with E-state index in [-0.39, 0.29) is 18.1 Å². The van der Waals surface area contributed by atoms with Gasteiger partial charge in [0.25, 0.3) is 0 Å². The maximum Gasteiger partial charge on any atom is 0.320 e. The number of rotatable bonds is 63. The highest BCUT2D eigenvalue weighted by Gasteiger charge is 2.27. The summed E-state index contributed by atoms with van der Waals surface area (Å²) in [6.45, 7) is 15.1. The Morgan fingerprint density at radius 3 is 0.640 bits per heavy atom. The highest BCUT2D eigenvalue weighted by Crippen LogP contribution is 2.20. The SMILES string of the molecule is CCCCCCCCCCCCCCCCN(CC(C)N(CCCCCCCCCCCCCCCC)C(=O)N(CCCCCCCCCCCCCCCC)CCCCCCCCCCCCCCCC)C(N)=O. The normalized spacial score (nSPS) is 12.0. The van der Waals surface area contributed by atoms with Gasteiger partial charge in [0.2, 0.25) is 0 Å². The van der Waals surface area contributed by atoms with Gasteiger partial charge >= 0.3 is 12.1 Å². The van der Waals surface area contributed by atoms with Crippen LogP contribution in [0.1, 0.15) is 394 Å². The lowest BCUT2D eigenvalue weighted by molar-refractivity contribution is 0.120. The summed E-state index contributed by atoms with van der Waals surface area (Å²) in [5.41, 5.74) is 6.11. The van der Waals surface area contributed by atoms with E-state index in [2.05, 4.69) is 44.4 Å². The van der Waals surface area contributed by atoms with Gasteiger partial charge < -0.3 is 20.4 Å². The largest absolute Gasteiger partial charge is 0.351 e. The first-order valence-electron chi connectivity index (χ1n) is 35.0. The molecule has 0 saturated carbocycles. The van der Waals surface area contributed by atoms with Crippen LogP contribution >= 0.6 is 0 Å². The second-order valence-corrected chi connectivity index (χ2v) is 24.5. The van der Waals surface area contributed by atoms with Gasteiger partial charge in [0.1, 0.15) is 0 Å². The van der Waals surface area contributed by atoms with Crippen molar-refractivity contribution in [2.24, 2.45) is 5.73 Å². The van der Waals surface area contributed by atoms with E-state index in [1.165, 1.54) is 327 Å². The van der Waals surface area contributed by atoms with Crippen molar-refractivity contribution >= 4 is 12.1 Å². The highest BCUT2D eigenvalue weighted by atomic mass is 16.2. The number of unbranched alkanes of at least 4 members (excludes halogenated alkanes) is 52. The van der Waals surface area contributed by atoms with Crippen LogP contribution in [-0.2, 0) is 0 Å². The predicted octanol–water partition coefficient (Wildman–Crippen LogP) is 23.4. The molecular weight excluding hydrogens is 917 g/mol. The topological polar surface area (TPSA) is 69.9 Å². The van der Waals surface area contributed by atoms with Crippen LogP contribution in [-0.4, -0.2) is 65.5 Å². The van der Waals surface area contributed by atoms with Crippen LogP contribution in [0.3, 0.4) is 0 Å². The number of carbonyl (C=O) groups excluding carboxylic acids is 2. The van der Waals surface area contributed by atoms with Crippen LogP contribution in [0.15, 0.2) is 0 Å². The number of hydrogen-bond donors (Lipinski definition) is 1. The Morgan fingerprint density at radius 2 is 0.440 bits per heavy atom. The Kier molecular flexibility index (Phi) is 60.5. The third-order valence-electron chi connectivity index (χ3n) is 16.9. The van der Waals surface area contributed by atoms with Gasteiger partial charge in [-0.25, -0.2) is 9.59 Å². The van der Waals surface area contributed by atoms with Crippen molar-refractivity contribution in [2.45, 2.75) is 400 Å². The van der Waals surface area contributed by atoms with Gasteiger partial charge in [-0.1, -0.05) is 362 Å². The fraction of sp³-hybridized carbons (Fsp3) is 0.971. The van der Waals surface area contributed by atoms with Crippen molar-refractivity contribution in [1.29, 1.82) is 0 Å². The van der Waals surface area contributed by atoms with Crippen LogP contribution in [0.2, 0.25) is 0 Å². The van der Waals surface area contributed by atoms with Crippen LogP contribution in [0.5, 0.6) is 0 Å². The minimum absolute atomic E-state index is 0.0613. The van der Waals surface area contributed by atoms with Crippen LogP contribution in [0.4, 0.5) is 9.59 Å². The molecule has 6 heteroatoms. The van der Waals surface area contributed by atoms with E-state index < -0.39 is 0 Å². The zero-order valence-corrected chi connectivity index (χ0v) is 52.4. The summed E-state index contributed by atoms with van der Waals surface area (Å²) >= 11 is 0. The molecule has 4 amide bonds. The van der Waals surface area contributed by atoms with E-state index >= 15 is 0 Å². The molecule has 0 aromatic carbocycles. The Morgan fingerprint density at radius 1 is 0.267 bits per heavy atom. The molecule has 2 N–H and O–H groups in total. The van der Waals surface area contributed by atoms with E-state index in [0.717, 1.165) is 51.7 Å². The van der Waals surface area contributed by atoms with Gasteiger partial charge in [0, 0.05) is 38.8 Å². The third kappa shape index (κ3) is 53.0. The number of primary amides is 1. The molecule has 6 nitrogen and oxygen atoms in total. The monoisotopic (exact) mass is 1060 g/mol. The van der Waals surface area contributed by atoms with Gasteiger partial charge in [-0.3, -0.25) is 0 Å². The molecule has 0 heterocycles. The van der Waals surface area contributed by atoms with Gasteiger partial charge in [-0.15, -0.1) is 0 Å². The number of carbonyl (C=O) groups is 2. The van der Waals surface area contributed by atoms with Crippen molar-refractivity contribution < 1.29 is 9.59 Å². The minimum atomic E-state index is -0.331. The van der Waals surface area contributed by atoms with Gasteiger partial charge in [-0.05, 0) is 32.6 Å². The first-order chi connectivity index (χ1) is 36.9. The van der Waals surface area contributed by atoms with Gasteiger partial charge in [-0.2, -0.15) is 0 Å². The maximum absolute atomic E-state index is 14.9. The Labute approximate surface area is 472 Å². The predicted molar refractivity (Wildman–Crippen MR) is 336 cm³/mol. The summed E-state index contributed by atoms with van der Waals surface area (Å²) < 4.78 is 0. The molecule has 1 atom stereocenters.